The summed E-state index contributed by atoms with van der Waals surface area (Å²) in [7, 11) is 0. The van der Waals surface area contributed by atoms with Crippen LogP contribution < -0.4 is 5.73 Å². The fourth-order valence-corrected chi connectivity index (χ4v) is 3.40. The number of hydrogen-bond donors (Lipinski definition) is 4. The first-order valence-corrected chi connectivity index (χ1v) is 8.46. The second-order valence-corrected chi connectivity index (χ2v) is 8.78. The van der Waals surface area contributed by atoms with Gasteiger partial charge in [0, 0.05) is 11.3 Å². The topological polar surface area (TPSA) is 104 Å². The van der Waals surface area contributed by atoms with E-state index in [9.17, 15) is 15.0 Å². The summed E-state index contributed by atoms with van der Waals surface area (Å²) in [6.45, 7) is 11.9. The molecule has 130 valence electrons. The molecule has 1 rings (SSSR count). The van der Waals surface area contributed by atoms with E-state index < -0.39 is 12.0 Å². The zero-order valence-corrected chi connectivity index (χ0v) is 15.4. The number of benzene rings is 1. The number of rotatable bonds is 4. The van der Waals surface area contributed by atoms with Crippen LogP contribution in [-0.2, 0) is 15.6 Å². The Morgan fingerprint density at radius 1 is 1.09 bits per heavy atom. The van der Waals surface area contributed by atoms with Crippen LogP contribution >= 0.6 is 11.8 Å². The lowest BCUT2D eigenvalue weighted by molar-refractivity contribution is -0.137. The zero-order chi connectivity index (χ0) is 18.2. The van der Waals surface area contributed by atoms with E-state index in [1.807, 2.05) is 47.6 Å². The van der Waals surface area contributed by atoms with Crippen molar-refractivity contribution in [1.29, 1.82) is 0 Å². The standard InChI is InChI=1S/C17H27NO4S/c1-16(2,3)9-7-10(17(4,5)6)14(13(20)12(9)19)23-8-11(18)15(21)22/h7,11,19-20H,8,18H2,1-6H3,(H,21,22). The highest BCUT2D eigenvalue weighted by atomic mass is 32.2. The molecule has 1 aromatic carbocycles. The van der Waals surface area contributed by atoms with Crippen LogP contribution in [0, 0.1) is 0 Å². The quantitative estimate of drug-likeness (QED) is 0.495. The van der Waals surface area contributed by atoms with Gasteiger partial charge in [0.2, 0.25) is 0 Å². The molecule has 1 unspecified atom stereocenters. The summed E-state index contributed by atoms with van der Waals surface area (Å²) in [4.78, 5) is 11.4. The van der Waals surface area contributed by atoms with Gasteiger partial charge >= 0.3 is 5.97 Å². The SMILES string of the molecule is CC(C)(C)c1cc(C(C)(C)C)c(SCC(N)C(=O)O)c(O)c1O. The molecule has 1 atom stereocenters. The molecular formula is C17H27NO4S. The Hall–Kier alpha value is -1.40. The predicted molar refractivity (Wildman–Crippen MR) is 93.5 cm³/mol. The van der Waals surface area contributed by atoms with E-state index in [0.717, 1.165) is 17.3 Å². The molecule has 0 saturated heterocycles. The molecule has 0 spiro atoms. The van der Waals surface area contributed by atoms with Crippen LogP contribution in [0.1, 0.15) is 52.7 Å². The van der Waals surface area contributed by atoms with Crippen molar-refractivity contribution in [2.45, 2.75) is 63.3 Å². The summed E-state index contributed by atoms with van der Waals surface area (Å²) < 4.78 is 0. The highest BCUT2D eigenvalue weighted by molar-refractivity contribution is 7.99. The van der Waals surface area contributed by atoms with Gasteiger partial charge in [0.15, 0.2) is 11.5 Å². The lowest BCUT2D eigenvalue weighted by atomic mass is 9.80. The average molecular weight is 341 g/mol. The third-order valence-corrected chi connectivity index (χ3v) is 4.80. The number of carboxylic acid groups (broad SMARTS) is 1. The van der Waals surface area contributed by atoms with Gasteiger partial charge in [-0.3, -0.25) is 4.79 Å². The number of carbonyl (C=O) groups is 1. The first kappa shape index (κ1) is 19.6. The van der Waals surface area contributed by atoms with E-state index in [2.05, 4.69) is 0 Å². The molecule has 0 aliphatic carbocycles. The Kier molecular flexibility index (Phi) is 5.65. The lowest BCUT2D eigenvalue weighted by Gasteiger charge is -2.29. The summed E-state index contributed by atoms with van der Waals surface area (Å²) >= 11 is 1.15. The molecule has 0 bridgehead atoms. The van der Waals surface area contributed by atoms with Crippen LogP contribution in [0.15, 0.2) is 11.0 Å². The Balaban J connectivity index is 3.45. The van der Waals surface area contributed by atoms with Crippen molar-refractivity contribution in [3.8, 4) is 11.5 Å². The Morgan fingerprint density at radius 2 is 1.57 bits per heavy atom. The Morgan fingerprint density at radius 3 is 1.96 bits per heavy atom. The van der Waals surface area contributed by atoms with Crippen LogP contribution in [0.2, 0.25) is 0 Å². The minimum absolute atomic E-state index is 0.111. The molecule has 1 aromatic rings. The van der Waals surface area contributed by atoms with Crippen LogP contribution in [0.3, 0.4) is 0 Å². The van der Waals surface area contributed by atoms with Gasteiger partial charge in [-0.25, -0.2) is 0 Å². The first-order valence-electron chi connectivity index (χ1n) is 7.48. The van der Waals surface area contributed by atoms with Crippen molar-refractivity contribution < 1.29 is 20.1 Å². The largest absolute Gasteiger partial charge is 0.504 e. The Labute approximate surface area is 141 Å². The molecule has 5 nitrogen and oxygen atoms in total. The Bertz CT molecular complexity index is 600. The van der Waals surface area contributed by atoms with Crippen molar-refractivity contribution in [2.24, 2.45) is 5.73 Å². The summed E-state index contributed by atoms with van der Waals surface area (Å²) in [5.41, 5.74) is 6.46. The van der Waals surface area contributed by atoms with Gasteiger partial charge in [-0.1, -0.05) is 41.5 Å². The van der Waals surface area contributed by atoms with Crippen LogP contribution in [0.5, 0.6) is 11.5 Å². The molecule has 5 N–H and O–H groups in total. The minimum Gasteiger partial charge on any atom is -0.504 e. The second kappa shape index (κ2) is 6.61. The van der Waals surface area contributed by atoms with Gasteiger partial charge in [-0.05, 0) is 22.5 Å². The maximum Gasteiger partial charge on any atom is 0.321 e. The molecule has 0 radical (unpaired) electrons. The van der Waals surface area contributed by atoms with Crippen molar-refractivity contribution in [1.82, 2.24) is 0 Å². The second-order valence-electron chi connectivity index (χ2n) is 7.75. The van der Waals surface area contributed by atoms with E-state index in [-0.39, 0.29) is 28.1 Å². The van der Waals surface area contributed by atoms with Crippen molar-refractivity contribution in [3.63, 3.8) is 0 Å². The minimum atomic E-state index is -1.09. The number of carboxylic acids is 1. The summed E-state index contributed by atoms with van der Waals surface area (Å²) in [6, 6.07) is 0.862. The molecule has 0 amide bonds. The third-order valence-electron chi connectivity index (χ3n) is 3.57. The van der Waals surface area contributed by atoms with E-state index >= 15 is 0 Å². The van der Waals surface area contributed by atoms with E-state index in [1.54, 1.807) is 0 Å². The first-order chi connectivity index (χ1) is 10.3. The molecule has 0 heterocycles. The number of aliphatic carboxylic acids is 1. The molecule has 0 saturated carbocycles. The summed E-state index contributed by atoms with van der Waals surface area (Å²) in [5.74, 6) is -1.34. The smallest absolute Gasteiger partial charge is 0.321 e. The molecule has 6 heteroatoms. The summed E-state index contributed by atoms with van der Waals surface area (Å²) in [6.07, 6.45) is 0. The number of phenolic OH excluding ortho intramolecular Hbond substituents is 2. The highest BCUT2D eigenvalue weighted by Crippen LogP contribution is 2.48. The molecule has 0 fully saturated rings. The van der Waals surface area contributed by atoms with E-state index in [1.165, 1.54) is 0 Å². The van der Waals surface area contributed by atoms with Gasteiger partial charge in [0.05, 0.1) is 4.90 Å². The van der Waals surface area contributed by atoms with Crippen LogP contribution in [0.4, 0.5) is 0 Å². The zero-order valence-electron chi connectivity index (χ0n) is 14.6. The molecule has 23 heavy (non-hydrogen) atoms. The number of phenols is 2. The van der Waals surface area contributed by atoms with Gasteiger partial charge in [-0.2, -0.15) is 0 Å². The van der Waals surface area contributed by atoms with Crippen molar-refractivity contribution >= 4 is 17.7 Å². The molecule has 0 aliphatic heterocycles. The number of aromatic hydroxyl groups is 2. The monoisotopic (exact) mass is 341 g/mol. The maximum absolute atomic E-state index is 10.9. The average Bonchev–Trinajstić information content (AvgIpc) is 2.36. The van der Waals surface area contributed by atoms with Crippen LogP contribution in [-0.4, -0.2) is 33.1 Å². The van der Waals surface area contributed by atoms with Gasteiger partial charge in [0.1, 0.15) is 6.04 Å². The number of hydrogen-bond acceptors (Lipinski definition) is 5. The molecule has 0 aromatic heterocycles. The fourth-order valence-electron chi connectivity index (χ4n) is 2.16. The van der Waals surface area contributed by atoms with Gasteiger partial charge in [0.25, 0.3) is 0 Å². The molecule has 0 aliphatic rings. The van der Waals surface area contributed by atoms with E-state index in [4.69, 9.17) is 10.8 Å². The summed E-state index contributed by atoms with van der Waals surface area (Å²) in [5, 5.41) is 29.8. The third kappa shape index (κ3) is 4.54. The van der Waals surface area contributed by atoms with Gasteiger partial charge in [-0.15, -0.1) is 11.8 Å². The maximum atomic E-state index is 10.9. The fraction of sp³-hybridized carbons (Fsp3) is 0.588. The lowest BCUT2D eigenvalue weighted by Crippen LogP contribution is -2.32. The number of thioether (sulfide) groups is 1. The van der Waals surface area contributed by atoms with Crippen molar-refractivity contribution in [2.75, 3.05) is 5.75 Å². The van der Waals surface area contributed by atoms with E-state index in [0.29, 0.717) is 10.5 Å². The van der Waals surface area contributed by atoms with Crippen LogP contribution in [0.25, 0.3) is 0 Å². The highest BCUT2D eigenvalue weighted by Gasteiger charge is 2.29. The number of nitrogens with two attached hydrogens (primary N) is 1. The van der Waals surface area contributed by atoms with Gasteiger partial charge < -0.3 is 21.1 Å². The molecular weight excluding hydrogens is 314 g/mol. The normalized spacial score (nSPS) is 13.9. The predicted octanol–water partition coefficient (Wildman–Crippen LogP) is 3.20. The van der Waals surface area contributed by atoms with Crippen molar-refractivity contribution in [3.05, 3.63) is 17.2 Å².